The molecule has 1 amide bonds. The Morgan fingerprint density at radius 1 is 1.14 bits per heavy atom. The second-order valence-corrected chi connectivity index (χ2v) is 6.01. The summed E-state index contributed by atoms with van der Waals surface area (Å²) in [7, 11) is 0. The smallest absolute Gasteiger partial charge is 0.306 e. The molecular weight excluding hydrogens is 380 g/mol. The Morgan fingerprint density at radius 2 is 1.86 bits per heavy atom. The maximum Gasteiger partial charge on any atom is 0.306 e. The number of benzene rings is 2. The number of amides is 1. The Bertz CT molecular complexity index is 1140. The molecule has 0 unspecified atom stereocenters. The summed E-state index contributed by atoms with van der Waals surface area (Å²) in [6.45, 7) is -0.591. The van der Waals surface area contributed by atoms with Gasteiger partial charge in [0.2, 0.25) is 0 Å². The van der Waals surface area contributed by atoms with Gasteiger partial charge in [-0.3, -0.25) is 24.5 Å². The molecule has 0 aliphatic heterocycles. The number of aromatic amines is 1. The molecule has 0 fully saturated rings. The fraction of sp³-hybridized carbons (Fsp3) is 0.158. The summed E-state index contributed by atoms with van der Waals surface area (Å²) < 4.78 is 4.88. The van der Waals surface area contributed by atoms with Crippen molar-refractivity contribution >= 4 is 34.2 Å². The van der Waals surface area contributed by atoms with E-state index in [0.29, 0.717) is 16.7 Å². The molecule has 0 saturated heterocycles. The van der Waals surface area contributed by atoms with Crippen LogP contribution in [-0.4, -0.2) is 33.4 Å². The van der Waals surface area contributed by atoms with Crippen LogP contribution < -0.4 is 10.9 Å². The summed E-state index contributed by atoms with van der Waals surface area (Å²) in [5.74, 6) is -1.04. The van der Waals surface area contributed by atoms with E-state index >= 15 is 0 Å². The molecule has 0 aliphatic carbocycles. The molecule has 0 aliphatic rings. The van der Waals surface area contributed by atoms with E-state index in [1.54, 1.807) is 24.3 Å². The fourth-order valence-corrected chi connectivity index (χ4v) is 2.62. The van der Waals surface area contributed by atoms with Crippen molar-refractivity contribution in [2.24, 2.45) is 0 Å². The average molecular weight is 396 g/mol. The van der Waals surface area contributed by atoms with Crippen LogP contribution in [0.25, 0.3) is 10.9 Å². The van der Waals surface area contributed by atoms with Gasteiger partial charge in [0.05, 0.1) is 22.2 Å². The van der Waals surface area contributed by atoms with Gasteiger partial charge in [-0.15, -0.1) is 0 Å². The number of para-hydroxylation sites is 3. The number of rotatable bonds is 7. The standard InChI is InChI=1S/C19H16N4O6/c24-17(21-14-7-3-4-8-15(14)23(27)28)11-29-18(25)10-9-16-20-13-6-2-1-5-12(13)19(26)22-16/h1-8H,9-11H2,(H,21,24)(H,20,22,26). The molecule has 0 saturated carbocycles. The van der Waals surface area contributed by atoms with Crippen molar-refractivity contribution in [3.05, 3.63) is 74.8 Å². The number of nitrogens with one attached hydrogen (secondary N) is 2. The normalized spacial score (nSPS) is 10.5. The average Bonchev–Trinajstić information content (AvgIpc) is 2.71. The number of nitrogens with zero attached hydrogens (tertiary/aromatic N) is 2. The van der Waals surface area contributed by atoms with Crippen molar-refractivity contribution in [3.8, 4) is 0 Å². The van der Waals surface area contributed by atoms with Gasteiger partial charge in [-0.25, -0.2) is 4.98 Å². The SMILES string of the molecule is O=C(COC(=O)CCc1nc2ccccc2c(=O)[nH]1)Nc1ccccc1[N+](=O)[O-]. The number of nitro benzene ring substituents is 1. The Labute approximate surface area is 163 Å². The summed E-state index contributed by atoms with van der Waals surface area (Å²) in [5, 5.41) is 13.7. The van der Waals surface area contributed by atoms with E-state index in [1.807, 2.05) is 0 Å². The fourth-order valence-electron chi connectivity index (χ4n) is 2.62. The zero-order valence-electron chi connectivity index (χ0n) is 15.1. The molecule has 0 spiro atoms. The van der Waals surface area contributed by atoms with Crippen LogP contribution in [0.2, 0.25) is 0 Å². The third-order valence-electron chi connectivity index (χ3n) is 3.97. The van der Waals surface area contributed by atoms with Crippen molar-refractivity contribution in [1.29, 1.82) is 0 Å². The number of hydrogen-bond donors (Lipinski definition) is 2. The lowest BCUT2D eigenvalue weighted by Crippen LogP contribution is -2.21. The van der Waals surface area contributed by atoms with Crippen LogP contribution in [0.1, 0.15) is 12.2 Å². The molecule has 1 heterocycles. The molecule has 3 rings (SSSR count). The molecule has 1 aromatic heterocycles. The van der Waals surface area contributed by atoms with Crippen LogP contribution in [0.4, 0.5) is 11.4 Å². The number of carbonyl (C=O) groups excluding carboxylic acids is 2. The van der Waals surface area contributed by atoms with E-state index in [4.69, 9.17) is 4.74 Å². The highest BCUT2D eigenvalue weighted by Gasteiger charge is 2.16. The van der Waals surface area contributed by atoms with Gasteiger partial charge in [-0.05, 0) is 18.2 Å². The number of H-pyrrole nitrogens is 1. The number of aromatic nitrogens is 2. The number of esters is 1. The van der Waals surface area contributed by atoms with Crippen LogP contribution in [0.15, 0.2) is 53.3 Å². The number of hydrogen-bond acceptors (Lipinski definition) is 7. The van der Waals surface area contributed by atoms with Crippen LogP contribution in [0, 0.1) is 10.1 Å². The zero-order valence-corrected chi connectivity index (χ0v) is 15.1. The third-order valence-corrected chi connectivity index (χ3v) is 3.97. The van der Waals surface area contributed by atoms with Gasteiger partial charge in [-0.1, -0.05) is 24.3 Å². The molecular formula is C19H16N4O6. The largest absolute Gasteiger partial charge is 0.456 e. The summed E-state index contributed by atoms with van der Waals surface area (Å²) in [6.07, 6.45) is 0.0325. The number of ether oxygens (including phenoxy) is 1. The maximum atomic E-state index is 12.0. The van der Waals surface area contributed by atoms with Crippen molar-refractivity contribution in [2.75, 3.05) is 11.9 Å². The van der Waals surface area contributed by atoms with Gasteiger partial charge in [-0.2, -0.15) is 0 Å². The first-order valence-electron chi connectivity index (χ1n) is 8.61. The molecule has 29 heavy (non-hydrogen) atoms. The maximum absolute atomic E-state index is 12.0. The van der Waals surface area contributed by atoms with Gasteiger partial charge in [0.25, 0.3) is 17.2 Å². The predicted molar refractivity (Wildman–Crippen MR) is 103 cm³/mol. The van der Waals surface area contributed by atoms with Crippen molar-refractivity contribution in [2.45, 2.75) is 12.8 Å². The molecule has 0 bridgehead atoms. The summed E-state index contributed by atoms with van der Waals surface area (Å²) >= 11 is 0. The number of aryl methyl sites for hydroxylation is 1. The van der Waals surface area contributed by atoms with Gasteiger partial charge in [0.1, 0.15) is 11.5 Å². The minimum atomic E-state index is -0.704. The topological polar surface area (TPSA) is 144 Å². The van der Waals surface area contributed by atoms with E-state index in [1.165, 1.54) is 24.3 Å². The Balaban J connectivity index is 1.52. The Morgan fingerprint density at radius 3 is 2.66 bits per heavy atom. The molecule has 2 aromatic carbocycles. The molecule has 3 aromatic rings. The van der Waals surface area contributed by atoms with E-state index in [2.05, 4.69) is 15.3 Å². The van der Waals surface area contributed by atoms with Gasteiger partial charge in [0.15, 0.2) is 6.61 Å². The highest BCUT2D eigenvalue weighted by Crippen LogP contribution is 2.22. The molecule has 10 nitrogen and oxygen atoms in total. The number of fused-ring (bicyclic) bond motifs is 1. The summed E-state index contributed by atoms with van der Waals surface area (Å²) in [5.41, 5.74) is -0.0405. The first-order valence-corrected chi connectivity index (χ1v) is 8.61. The lowest BCUT2D eigenvalue weighted by molar-refractivity contribution is -0.383. The highest BCUT2D eigenvalue weighted by atomic mass is 16.6. The minimum absolute atomic E-state index is 0.0106. The summed E-state index contributed by atoms with van der Waals surface area (Å²) in [4.78, 5) is 52.9. The van der Waals surface area contributed by atoms with Crippen LogP contribution in [0.5, 0.6) is 0 Å². The highest BCUT2D eigenvalue weighted by molar-refractivity contribution is 5.94. The first-order chi connectivity index (χ1) is 13.9. The monoisotopic (exact) mass is 396 g/mol. The van der Waals surface area contributed by atoms with Gasteiger partial charge >= 0.3 is 5.97 Å². The zero-order chi connectivity index (χ0) is 20.8. The molecule has 0 atom stereocenters. The first kappa shape index (κ1) is 19.7. The molecule has 0 radical (unpaired) electrons. The van der Waals surface area contributed by atoms with Crippen molar-refractivity contribution < 1.29 is 19.2 Å². The van der Waals surface area contributed by atoms with E-state index < -0.39 is 23.4 Å². The predicted octanol–water partition coefficient (Wildman–Crippen LogP) is 1.95. The second-order valence-electron chi connectivity index (χ2n) is 6.01. The molecule has 10 heteroatoms. The van der Waals surface area contributed by atoms with Crippen LogP contribution in [-0.2, 0) is 20.7 Å². The van der Waals surface area contributed by atoms with Crippen LogP contribution in [0.3, 0.4) is 0 Å². The lowest BCUT2D eigenvalue weighted by Gasteiger charge is -2.07. The third kappa shape index (κ3) is 5.01. The lowest BCUT2D eigenvalue weighted by atomic mass is 10.2. The number of anilines is 1. The minimum Gasteiger partial charge on any atom is -0.456 e. The molecule has 148 valence electrons. The molecule has 2 N–H and O–H groups in total. The number of nitro groups is 1. The van der Waals surface area contributed by atoms with Crippen molar-refractivity contribution in [1.82, 2.24) is 9.97 Å². The van der Waals surface area contributed by atoms with Crippen LogP contribution >= 0.6 is 0 Å². The number of carbonyl (C=O) groups is 2. The van der Waals surface area contributed by atoms with E-state index in [0.717, 1.165) is 0 Å². The quantitative estimate of drug-likeness (QED) is 0.353. The summed E-state index contributed by atoms with van der Waals surface area (Å²) in [6, 6.07) is 12.5. The van der Waals surface area contributed by atoms with E-state index in [9.17, 15) is 24.5 Å². The van der Waals surface area contributed by atoms with Gasteiger partial charge in [0, 0.05) is 12.5 Å². The second kappa shape index (κ2) is 8.74. The Kier molecular flexibility index (Phi) is 5.93. The van der Waals surface area contributed by atoms with E-state index in [-0.39, 0.29) is 29.8 Å². The van der Waals surface area contributed by atoms with Gasteiger partial charge < -0.3 is 15.0 Å². The Hall–Kier alpha value is -4.08. The van der Waals surface area contributed by atoms with Crippen molar-refractivity contribution in [3.63, 3.8) is 0 Å².